The Bertz CT molecular complexity index is 482. The second-order valence-corrected chi connectivity index (χ2v) is 4.37. The van der Waals surface area contributed by atoms with E-state index in [1.807, 2.05) is 54.6 Å². The third-order valence-electron chi connectivity index (χ3n) is 3.02. The summed E-state index contributed by atoms with van der Waals surface area (Å²) in [6.07, 6.45) is 0.212. The van der Waals surface area contributed by atoms with Crippen LogP contribution in [0.15, 0.2) is 54.6 Å². The highest BCUT2D eigenvalue weighted by Crippen LogP contribution is 2.20. The average molecular weight is 257 g/mol. The van der Waals surface area contributed by atoms with Crippen LogP contribution in [0.5, 0.6) is 5.75 Å². The molecule has 1 atom stereocenters. The number of anilines is 1. The Hall–Kier alpha value is -2.00. The van der Waals surface area contributed by atoms with Gasteiger partial charge in [-0.1, -0.05) is 30.3 Å². The molecule has 0 saturated heterocycles. The molecular weight excluding hydrogens is 238 g/mol. The molecule has 0 heterocycles. The van der Waals surface area contributed by atoms with Crippen LogP contribution >= 0.6 is 0 Å². The van der Waals surface area contributed by atoms with E-state index in [1.54, 1.807) is 7.11 Å². The van der Waals surface area contributed by atoms with Crippen molar-refractivity contribution in [1.82, 2.24) is 0 Å². The molecule has 0 aliphatic heterocycles. The molecular formula is C16H19NO2. The standard InChI is InChI=1S/C16H19NO2/c1-19-15-9-7-13(8-10-15)16(18)11-12-17-14-5-3-2-4-6-14/h2-10,16-18H,11-12H2,1H3/t16-/m0/s1. The Kier molecular flexibility index (Phi) is 4.81. The van der Waals surface area contributed by atoms with Crippen LogP contribution in [0, 0.1) is 0 Å². The first-order valence-electron chi connectivity index (χ1n) is 6.40. The van der Waals surface area contributed by atoms with E-state index in [0.29, 0.717) is 6.42 Å². The van der Waals surface area contributed by atoms with Crippen molar-refractivity contribution in [2.75, 3.05) is 19.0 Å². The fourth-order valence-corrected chi connectivity index (χ4v) is 1.90. The predicted octanol–water partition coefficient (Wildman–Crippen LogP) is 3.23. The van der Waals surface area contributed by atoms with E-state index < -0.39 is 6.10 Å². The zero-order chi connectivity index (χ0) is 13.5. The van der Waals surface area contributed by atoms with Gasteiger partial charge in [0.15, 0.2) is 0 Å². The molecule has 0 aliphatic carbocycles. The lowest BCUT2D eigenvalue weighted by Crippen LogP contribution is -2.07. The normalized spacial score (nSPS) is 11.9. The zero-order valence-electron chi connectivity index (χ0n) is 11.0. The number of ether oxygens (including phenoxy) is 1. The van der Waals surface area contributed by atoms with Crippen molar-refractivity contribution in [2.45, 2.75) is 12.5 Å². The number of methoxy groups -OCH3 is 1. The molecule has 3 heteroatoms. The van der Waals surface area contributed by atoms with Crippen LogP contribution in [0.4, 0.5) is 5.69 Å². The molecule has 2 N–H and O–H groups in total. The molecule has 2 rings (SSSR count). The summed E-state index contributed by atoms with van der Waals surface area (Å²) in [4.78, 5) is 0. The second kappa shape index (κ2) is 6.81. The summed E-state index contributed by atoms with van der Waals surface area (Å²) in [7, 11) is 1.63. The third kappa shape index (κ3) is 4.00. The summed E-state index contributed by atoms with van der Waals surface area (Å²) >= 11 is 0. The minimum absolute atomic E-state index is 0.456. The number of aliphatic hydroxyl groups excluding tert-OH is 1. The number of hydrogen-bond donors (Lipinski definition) is 2. The minimum atomic E-state index is -0.456. The molecule has 0 bridgehead atoms. The van der Waals surface area contributed by atoms with Crippen LogP contribution in [0.2, 0.25) is 0 Å². The summed E-state index contributed by atoms with van der Waals surface area (Å²) in [5.74, 6) is 0.804. The van der Waals surface area contributed by atoms with Gasteiger partial charge in [-0.3, -0.25) is 0 Å². The van der Waals surface area contributed by atoms with E-state index in [9.17, 15) is 5.11 Å². The van der Waals surface area contributed by atoms with Crippen LogP contribution in [0.1, 0.15) is 18.1 Å². The Balaban J connectivity index is 1.82. The maximum Gasteiger partial charge on any atom is 0.118 e. The highest BCUT2D eigenvalue weighted by molar-refractivity contribution is 5.42. The first kappa shape index (κ1) is 13.4. The van der Waals surface area contributed by atoms with Gasteiger partial charge in [-0.05, 0) is 36.2 Å². The summed E-state index contributed by atoms with van der Waals surface area (Å²) in [6, 6.07) is 17.5. The van der Waals surface area contributed by atoms with Gasteiger partial charge in [0.05, 0.1) is 13.2 Å². The van der Waals surface area contributed by atoms with Crippen molar-refractivity contribution in [3.63, 3.8) is 0 Å². The van der Waals surface area contributed by atoms with Gasteiger partial charge in [-0.25, -0.2) is 0 Å². The molecule has 0 radical (unpaired) electrons. The van der Waals surface area contributed by atoms with Gasteiger partial charge in [-0.2, -0.15) is 0 Å². The van der Waals surface area contributed by atoms with Gasteiger partial charge in [0.2, 0.25) is 0 Å². The van der Waals surface area contributed by atoms with Crippen molar-refractivity contribution in [2.24, 2.45) is 0 Å². The summed E-state index contributed by atoms with van der Waals surface area (Å²) in [5.41, 5.74) is 1.99. The van der Waals surface area contributed by atoms with E-state index >= 15 is 0 Å². The fourth-order valence-electron chi connectivity index (χ4n) is 1.90. The molecule has 2 aromatic rings. The van der Waals surface area contributed by atoms with Gasteiger partial charge >= 0.3 is 0 Å². The molecule has 0 aromatic heterocycles. The predicted molar refractivity (Wildman–Crippen MR) is 77.5 cm³/mol. The van der Waals surface area contributed by atoms with Crippen molar-refractivity contribution in [3.8, 4) is 5.75 Å². The minimum Gasteiger partial charge on any atom is -0.497 e. The van der Waals surface area contributed by atoms with Crippen LogP contribution in [-0.4, -0.2) is 18.8 Å². The van der Waals surface area contributed by atoms with Crippen LogP contribution < -0.4 is 10.1 Å². The van der Waals surface area contributed by atoms with Crippen LogP contribution in [0.25, 0.3) is 0 Å². The maximum atomic E-state index is 10.1. The smallest absolute Gasteiger partial charge is 0.118 e. The van der Waals surface area contributed by atoms with Gasteiger partial charge in [0.1, 0.15) is 5.75 Å². The first-order valence-corrected chi connectivity index (χ1v) is 6.40. The number of hydrogen-bond acceptors (Lipinski definition) is 3. The lowest BCUT2D eigenvalue weighted by Gasteiger charge is -2.12. The lowest BCUT2D eigenvalue weighted by atomic mass is 10.1. The molecule has 0 fully saturated rings. The quantitative estimate of drug-likeness (QED) is 0.834. The molecule has 3 nitrogen and oxygen atoms in total. The number of para-hydroxylation sites is 1. The first-order chi connectivity index (χ1) is 9.29. The Morgan fingerprint density at radius 2 is 1.74 bits per heavy atom. The molecule has 19 heavy (non-hydrogen) atoms. The number of rotatable bonds is 6. The average Bonchev–Trinajstić information content (AvgIpc) is 2.48. The highest BCUT2D eigenvalue weighted by Gasteiger charge is 2.07. The van der Waals surface area contributed by atoms with Crippen LogP contribution in [0.3, 0.4) is 0 Å². The SMILES string of the molecule is COc1ccc([C@@H](O)CCNc2ccccc2)cc1. The molecule has 0 amide bonds. The zero-order valence-corrected chi connectivity index (χ0v) is 11.0. The summed E-state index contributed by atoms with van der Waals surface area (Å²) in [5, 5.41) is 13.4. The van der Waals surface area contributed by atoms with Crippen LogP contribution in [-0.2, 0) is 0 Å². The third-order valence-corrected chi connectivity index (χ3v) is 3.02. The van der Waals surface area contributed by atoms with E-state index in [1.165, 1.54) is 0 Å². The Morgan fingerprint density at radius 3 is 2.37 bits per heavy atom. The van der Waals surface area contributed by atoms with Crippen molar-refractivity contribution in [3.05, 3.63) is 60.2 Å². The van der Waals surface area contributed by atoms with Gasteiger partial charge in [0.25, 0.3) is 0 Å². The summed E-state index contributed by atoms with van der Waals surface area (Å²) < 4.78 is 5.09. The van der Waals surface area contributed by atoms with Crippen molar-refractivity contribution in [1.29, 1.82) is 0 Å². The molecule has 100 valence electrons. The monoisotopic (exact) mass is 257 g/mol. The Morgan fingerprint density at radius 1 is 1.05 bits per heavy atom. The van der Waals surface area contributed by atoms with E-state index in [0.717, 1.165) is 23.5 Å². The fraction of sp³-hybridized carbons (Fsp3) is 0.250. The molecule has 0 saturated carbocycles. The Labute approximate surface area is 113 Å². The molecule has 0 unspecified atom stereocenters. The van der Waals surface area contributed by atoms with E-state index in [-0.39, 0.29) is 0 Å². The van der Waals surface area contributed by atoms with Gasteiger partial charge in [-0.15, -0.1) is 0 Å². The van der Waals surface area contributed by atoms with Crippen molar-refractivity contribution >= 4 is 5.69 Å². The lowest BCUT2D eigenvalue weighted by molar-refractivity contribution is 0.171. The van der Waals surface area contributed by atoms with E-state index in [4.69, 9.17) is 4.74 Å². The number of benzene rings is 2. The number of aliphatic hydroxyl groups is 1. The molecule has 0 aliphatic rings. The maximum absolute atomic E-state index is 10.1. The van der Waals surface area contributed by atoms with Gasteiger partial charge in [0, 0.05) is 12.2 Å². The second-order valence-electron chi connectivity index (χ2n) is 4.37. The summed E-state index contributed by atoms with van der Waals surface area (Å²) in [6.45, 7) is 0.733. The largest absolute Gasteiger partial charge is 0.497 e. The topological polar surface area (TPSA) is 41.5 Å². The highest BCUT2D eigenvalue weighted by atomic mass is 16.5. The van der Waals surface area contributed by atoms with Crippen molar-refractivity contribution < 1.29 is 9.84 Å². The molecule has 2 aromatic carbocycles. The van der Waals surface area contributed by atoms with Gasteiger partial charge < -0.3 is 15.2 Å². The van der Waals surface area contributed by atoms with E-state index in [2.05, 4.69) is 5.32 Å². The molecule has 0 spiro atoms. The number of nitrogens with one attached hydrogen (secondary N) is 1.